The minimum absolute atomic E-state index is 0.0693. The lowest BCUT2D eigenvalue weighted by Gasteiger charge is -2.14. The molecule has 0 aliphatic carbocycles. The Kier molecular flexibility index (Phi) is 4.40. The maximum absolute atomic E-state index is 11.0. The summed E-state index contributed by atoms with van der Waals surface area (Å²) in [6.45, 7) is 0. The molecule has 0 bridgehead atoms. The fourth-order valence-corrected chi connectivity index (χ4v) is 2.36. The molecule has 0 saturated heterocycles. The van der Waals surface area contributed by atoms with Crippen LogP contribution in [0.3, 0.4) is 0 Å². The molecule has 8 heteroatoms. The number of aromatic nitrogens is 1. The van der Waals surface area contributed by atoms with E-state index in [9.17, 15) is 15.0 Å². The number of carboxylic acid groups (broad SMARTS) is 1. The predicted octanol–water partition coefficient (Wildman–Crippen LogP) is 3.31. The summed E-state index contributed by atoms with van der Waals surface area (Å²) in [7, 11) is 3.82. The summed E-state index contributed by atoms with van der Waals surface area (Å²) in [6, 6.07) is 10.7. The number of aromatic hydroxyl groups is 2. The lowest BCUT2D eigenvalue weighted by atomic mass is 10.1. The van der Waals surface area contributed by atoms with Gasteiger partial charge in [0.1, 0.15) is 28.7 Å². The Hall–Kier alpha value is -3.68. The fraction of sp³-hybridized carbons (Fsp3) is 0.111. The van der Waals surface area contributed by atoms with Gasteiger partial charge in [-0.25, -0.2) is 4.79 Å². The number of phenolic OH excluding ortho intramolecular Hbond substituents is 2. The Balaban J connectivity index is 2.01. The number of ether oxygens (including phenoxy) is 1. The van der Waals surface area contributed by atoms with Gasteiger partial charge in [0.2, 0.25) is 5.76 Å². The van der Waals surface area contributed by atoms with Crippen molar-refractivity contribution in [3.8, 4) is 34.3 Å². The second-order valence-corrected chi connectivity index (χ2v) is 5.71. The highest BCUT2D eigenvalue weighted by atomic mass is 16.5. The molecular weight excluding hydrogens is 340 g/mol. The van der Waals surface area contributed by atoms with Gasteiger partial charge < -0.3 is 29.5 Å². The molecule has 1 aromatic heterocycles. The average Bonchev–Trinajstić information content (AvgIpc) is 3.04. The van der Waals surface area contributed by atoms with E-state index < -0.39 is 5.97 Å². The first-order chi connectivity index (χ1) is 12.3. The van der Waals surface area contributed by atoms with Crippen molar-refractivity contribution < 1.29 is 29.4 Å². The number of nitrogens with zero attached hydrogens (tertiary/aromatic N) is 2. The maximum atomic E-state index is 11.0. The van der Waals surface area contributed by atoms with Gasteiger partial charge in [-0.1, -0.05) is 5.16 Å². The molecule has 0 fully saturated rings. The van der Waals surface area contributed by atoms with Crippen molar-refractivity contribution in [1.82, 2.24) is 5.16 Å². The number of hydrogen-bond acceptors (Lipinski definition) is 7. The van der Waals surface area contributed by atoms with Gasteiger partial charge in [-0.05, 0) is 24.3 Å². The van der Waals surface area contributed by atoms with Crippen LogP contribution in [-0.2, 0) is 0 Å². The third-order valence-corrected chi connectivity index (χ3v) is 3.62. The van der Waals surface area contributed by atoms with E-state index in [4.69, 9.17) is 14.4 Å². The molecule has 0 amide bonds. The lowest BCUT2D eigenvalue weighted by Crippen LogP contribution is -2.07. The lowest BCUT2D eigenvalue weighted by molar-refractivity contribution is 0.0652. The molecule has 3 rings (SSSR count). The summed E-state index contributed by atoms with van der Waals surface area (Å²) in [5.41, 5.74) is 1.15. The summed E-state index contributed by atoms with van der Waals surface area (Å²) in [6.07, 6.45) is 0. The Bertz CT molecular complexity index is 947. The van der Waals surface area contributed by atoms with E-state index in [0.29, 0.717) is 5.75 Å². The highest BCUT2D eigenvalue weighted by Gasteiger charge is 2.20. The summed E-state index contributed by atoms with van der Waals surface area (Å²) in [5, 5.41) is 32.6. The normalized spacial score (nSPS) is 10.5. The summed E-state index contributed by atoms with van der Waals surface area (Å²) in [4.78, 5) is 12.9. The van der Waals surface area contributed by atoms with Crippen LogP contribution >= 0.6 is 0 Å². The second-order valence-electron chi connectivity index (χ2n) is 5.71. The zero-order chi connectivity index (χ0) is 18.8. The monoisotopic (exact) mass is 356 g/mol. The third-order valence-electron chi connectivity index (χ3n) is 3.62. The van der Waals surface area contributed by atoms with Gasteiger partial charge in [-0.15, -0.1) is 0 Å². The molecular formula is C18H16N2O6. The van der Waals surface area contributed by atoms with E-state index in [1.54, 1.807) is 12.1 Å². The number of rotatable bonds is 5. The fourth-order valence-electron chi connectivity index (χ4n) is 2.36. The van der Waals surface area contributed by atoms with Crippen LogP contribution in [0.2, 0.25) is 0 Å². The number of aromatic carboxylic acids is 1. The van der Waals surface area contributed by atoms with Gasteiger partial charge in [0.25, 0.3) is 0 Å². The van der Waals surface area contributed by atoms with Gasteiger partial charge >= 0.3 is 5.97 Å². The SMILES string of the molecule is CN(C)c1ccc(Oc2cc(O)cc(O)c2-c2cc(C(=O)O)on2)cc1. The average molecular weight is 356 g/mol. The van der Waals surface area contributed by atoms with Crippen molar-refractivity contribution >= 4 is 11.7 Å². The highest BCUT2D eigenvalue weighted by molar-refractivity contribution is 5.87. The first-order valence-corrected chi connectivity index (χ1v) is 7.56. The number of carbonyl (C=O) groups is 1. The molecule has 0 spiro atoms. The van der Waals surface area contributed by atoms with Crippen LogP contribution in [0.25, 0.3) is 11.3 Å². The Morgan fingerprint density at radius 3 is 2.38 bits per heavy atom. The van der Waals surface area contributed by atoms with E-state index in [1.807, 2.05) is 31.1 Å². The van der Waals surface area contributed by atoms with Crippen LogP contribution in [0.1, 0.15) is 10.6 Å². The summed E-state index contributed by atoms with van der Waals surface area (Å²) < 4.78 is 10.5. The van der Waals surface area contributed by atoms with Crippen LogP contribution in [0, 0.1) is 0 Å². The van der Waals surface area contributed by atoms with Gasteiger partial charge in [0, 0.05) is 38.0 Å². The van der Waals surface area contributed by atoms with E-state index in [1.165, 1.54) is 6.07 Å². The molecule has 3 aromatic rings. The van der Waals surface area contributed by atoms with Crippen LogP contribution in [-0.4, -0.2) is 40.5 Å². The minimum Gasteiger partial charge on any atom is -0.508 e. The van der Waals surface area contributed by atoms with Crippen LogP contribution in [0.5, 0.6) is 23.0 Å². The van der Waals surface area contributed by atoms with E-state index in [-0.39, 0.29) is 34.3 Å². The Morgan fingerprint density at radius 1 is 1.12 bits per heavy atom. The quantitative estimate of drug-likeness (QED) is 0.637. The van der Waals surface area contributed by atoms with Crippen LogP contribution in [0.4, 0.5) is 5.69 Å². The van der Waals surface area contributed by atoms with Gasteiger partial charge in [0.05, 0.1) is 5.56 Å². The zero-order valence-corrected chi connectivity index (χ0v) is 14.0. The van der Waals surface area contributed by atoms with E-state index in [2.05, 4.69) is 5.16 Å². The molecule has 0 atom stereocenters. The molecule has 26 heavy (non-hydrogen) atoms. The molecule has 0 unspecified atom stereocenters. The van der Waals surface area contributed by atoms with Crippen molar-refractivity contribution in [3.63, 3.8) is 0 Å². The molecule has 0 aliphatic rings. The second kappa shape index (κ2) is 6.67. The number of hydrogen-bond donors (Lipinski definition) is 3. The molecule has 134 valence electrons. The molecule has 1 heterocycles. The molecule has 0 saturated carbocycles. The van der Waals surface area contributed by atoms with Crippen molar-refractivity contribution in [2.45, 2.75) is 0 Å². The predicted molar refractivity (Wildman–Crippen MR) is 93.1 cm³/mol. The molecule has 0 radical (unpaired) electrons. The maximum Gasteiger partial charge on any atom is 0.374 e. The van der Waals surface area contributed by atoms with Crippen LogP contribution < -0.4 is 9.64 Å². The van der Waals surface area contributed by atoms with Gasteiger partial charge in [-0.3, -0.25) is 0 Å². The Morgan fingerprint density at radius 2 is 1.81 bits per heavy atom. The molecule has 0 aliphatic heterocycles. The van der Waals surface area contributed by atoms with Gasteiger partial charge in [0.15, 0.2) is 0 Å². The summed E-state index contributed by atoms with van der Waals surface area (Å²) >= 11 is 0. The molecule has 8 nitrogen and oxygen atoms in total. The van der Waals surface area contributed by atoms with Gasteiger partial charge in [-0.2, -0.15) is 0 Å². The molecule has 2 aromatic carbocycles. The first kappa shape index (κ1) is 17.2. The molecule has 3 N–H and O–H groups in total. The van der Waals surface area contributed by atoms with Crippen LogP contribution in [0.15, 0.2) is 47.0 Å². The highest BCUT2D eigenvalue weighted by Crippen LogP contribution is 2.42. The van der Waals surface area contributed by atoms with Crippen molar-refractivity contribution in [1.29, 1.82) is 0 Å². The summed E-state index contributed by atoms with van der Waals surface area (Å²) in [5.74, 6) is -1.64. The first-order valence-electron chi connectivity index (χ1n) is 7.56. The number of carboxylic acids is 1. The standard InChI is InChI=1S/C18H16N2O6/c1-20(2)10-3-5-12(6-4-10)25-15-8-11(21)7-14(22)17(15)13-9-16(18(23)24)26-19-13/h3-9,21-22H,1-2H3,(H,23,24). The third kappa shape index (κ3) is 3.39. The van der Waals surface area contributed by atoms with E-state index in [0.717, 1.165) is 17.8 Å². The van der Waals surface area contributed by atoms with E-state index >= 15 is 0 Å². The smallest absolute Gasteiger partial charge is 0.374 e. The largest absolute Gasteiger partial charge is 0.508 e. The van der Waals surface area contributed by atoms with Crippen molar-refractivity contribution in [2.24, 2.45) is 0 Å². The zero-order valence-electron chi connectivity index (χ0n) is 14.0. The van der Waals surface area contributed by atoms with Crippen molar-refractivity contribution in [3.05, 3.63) is 48.2 Å². The topological polar surface area (TPSA) is 116 Å². The number of phenols is 2. The number of benzene rings is 2. The minimum atomic E-state index is -1.29. The number of anilines is 1. The van der Waals surface area contributed by atoms with Crippen molar-refractivity contribution in [2.75, 3.05) is 19.0 Å². The Labute approximate surface area is 148 Å².